The number of hydrogen-bond acceptors (Lipinski definition) is 6. The lowest BCUT2D eigenvalue weighted by Gasteiger charge is -2.12. The lowest BCUT2D eigenvalue weighted by Crippen LogP contribution is -2.27. The summed E-state index contributed by atoms with van der Waals surface area (Å²) in [5, 5.41) is 2.59. The lowest BCUT2D eigenvalue weighted by molar-refractivity contribution is -0.124. The fraction of sp³-hybridized carbons (Fsp3) is 0.360. The minimum Gasteiger partial charge on any atom is -0.475 e. The molecule has 0 aliphatic rings. The Morgan fingerprint density at radius 2 is 1.89 bits per heavy atom. The van der Waals surface area contributed by atoms with Gasteiger partial charge in [0, 0.05) is 41.9 Å². The number of aromatic nitrogens is 3. The van der Waals surface area contributed by atoms with Gasteiger partial charge in [0.25, 0.3) is 5.56 Å². The van der Waals surface area contributed by atoms with Crippen LogP contribution in [0.1, 0.15) is 33.3 Å². The zero-order valence-corrected chi connectivity index (χ0v) is 20.0. The van der Waals surface area contributed by atoms with E-state index in [4.69, 9.17) is 9.47 Å². The topological polar surface area (TPSA) is 106 Å². The maximum absolute atomic E-state index is 15.2. The van der Waals surface area contributed by atoms with Crippen LogP contribution in [0.15, 0.2) is 41.3 Å². The van der Waals surface area contributed by atoms with Crippen LogP contribution in [0.2, 0.25) is 0 Å². The van der Waals surface area contributed by atoms with Gasteiger partial charge in [0.15, 0.2) is 0 Å². The smallest absolute Gasteiger partial charge is 0.251 e. The van der Waals surface area contributed by atoms with E-state index in [1.165, 1.54) is 18.3 Å². The fourth-order valence-corrected chi connectivity index (χ4v) is 3.11. The van der Waals surface area contributed by atoms with Crippen LogP contribution in [0.3, 0.4) is 0 Å². The summed E-state index contributed by atoms with van der Waals surface area (Å²) in [7, 11) is 0. The number of amides is 1. The zero-order valence-electron chi connectivity index (χ0n) is 20.0. The van der Waals surface area contributed by atoms with Crippen LogP contribution in [-0.4, -0.2) is 40.2 Å². The average Bonchev–Trinajstić information content (AvgIpc) is 2.81. The summed E-state index contributed by atoms with van der Waals surface area (Å²) < 4.78 is 40.7. The number of nitrogens with zero attached hydrogens (tertiary/aromatic N) is 2. The molecule has 0 bridgehead atoms. The molecule has 0 aliphatic heterocycles. The van der Waals surface area contributed by atoms with Gasteiger partial charge in [-0.05, 0) is 26.0 Å². The summed E-state index contributed by atoms with van der Waals surface area (Å²) >= 11 is 0. The molecule has 1 amide bonds. The summed E-state index contributed by atoms with van der Waals surface area (Å²) in [5.41, 5.74) is -0.368. The quantitative estimate of drug-likeness (QED) is 0.422. The van der Waals surface area contributed by atoms with Gasteiger partial charge in [0.05, 0.1) is 24.0 Å². The number of ether oxygens (including phenoxy) is 2. The van der Waals surface area contributed by atoms with Gasteiger partial charge >= 0.3 is 0 Å². The summed E-state index contributed by atoms with van der Waals surface area (Å²) in [6, 6.07) is 6.76. The zero-order chi connectivity index (χ0) is 25.5. The highest BCUT2D eigenvalue weighted by Gasteiger charge is 2.19. The normalized spacial score (nSPS) is 11.2. The van der Waals surface area contributed by atoms with E-state index in [1.807, 2.05) is 13.8 Å². The Bertz CT molecular complexity index is 1230. The number of H-pyrrole nitrogens is 1. The van der Waals surface area contributed by atoms with Crippen molar-refractivity contribution in [1.29, 1.82) is 0 Å². The number of hydrogen-bond donors (Lipinski definition) is 2. The first-order valence-corrected chi connectivity index (χ1v) is 11.2. The van der Waals surface area contributed by atoms with Crippen LogP contribution in [0.25, 0.3) is 22.6 Å². The molecule has 0 aliphatic carbocycles. The second-order valence-corrected chi connectivity index (χ2v) is 8.40. The van der Waals surface area contributed by atoms with E-state index in [0.29, 0.717) is 24.7 Å². The molecule has 0 radical (unpaired) electrons. The van der Waals surface area contributed by atoms with Crippen molar-refractivity contribution in [1.82, 2.24) is 20.3 Å². The molecular weight excluding hydrogens is 458 g/mol. The van der Waals surface area contributed by atoms with Crippen molar-refractivity contribution in [2.45, 2.75) is 40.3 Å². The van der Waals surface area contributed by atoms with E-state index < -0.39 is 22.8 Å². The van der Waals surface area contributed by atoms with E-state index >= 15 is 4.39 Å². The Balaban J connectivity index is 1.85. The third kappa shape index (κ3) is 6.92. The van der Waals surface area contributed by atoms with Crippen molar-refractivity contribution < 1.29 is 23.0 Å². The van der Waals surface area contributed by atoms with Crippen molar-refractivity contribution in [3.63, 3.8) is 0 Å². The van der Waals surface area contributed by atoms with Gasteiger partial charge in [-0.2, -0.15) is 0 Å². The van der Waals surface area contributed by atoms with Gasteiger partial charge < -0.3 is 19.8 Å². The molecule has 2 heterocycles. The van der Waals surface area contributed by atoms with Gasteiger partial charge in [-0.3, -0.25) is 9.59 Å². The first-order chi connectivity index (χ1) is 16.7. The largest absolute Gasteiger partial charge is 0.475 e. The van der Waals surface area contributed by atoms with Gasteiger partial charge in [0.1, 0.15) is 24.1 Å². The molecule has 186 valence electrons. The van der Waals surface area contributed by atoms with Crippen LogP contribution in [0, 0.1) is 17.6 Å². The number of aromatic amines is 1. The first kappa shape index (κ1) is 26.0. The summed E-state index contributed by atoms with van der Waals surface area (Å²) in [6.45, 7) is 7.87. The van der Waals surface area contributed by atoms with E-state index in [1.54, 1.807) is 26.0 Å². The number of benzene rings is 1. The van der Waals surface area contributed by atoms with Gasteiger partial charge in [-0.1, -0.05) is 19.9 Å². The molecule has 1 aromatic carbocycles. The number of halogens is 2. The molecular formula is C25H28F2N4O4. The van der Waals surface area contributed by atoms with Gasteiger partial charge in [-0.25, -0.2) is 18.7 Å². The van der Waals surface area contributed by atoms with Gasteiger partial charge in [0.2, 0.25) is 11.8 Å². The van der Waals surface area contributed by atoms with Crippen LogP contribution in [0.4, 0.5) is 8.78 Å². The molecule has 35 heavy (non-hydrogen) atoms. The maximum atomic E-state index is 15.2. The molecule has 10 heteroatoms. The molecule has 0 unspecified atom stereocenters. The van der Waals surface area contributed by atoms with Crippen molar-refractivity contribution in [2.75, 3.05) is 13.2 Å². The van der Waals surface area contributed by atoms with Crippen LogP contribution in [-0.2, 0) is 16.1 Å². The average molecular weight is 487 g/mol. The Labute approximate surface area is 201 Å². The molecule has 0 spiro atoms. The standard InChI is InChI=1S/C25H28F2N4O4/c1-14(2)25(33)29-13-17-5-7-18(26)22(23(17)27)24-30-19(11-20(32)31-24)16-6-8-21(28-12-16)35-10-9-34-15(3)4/h5-8,11-12,14-15H,9-10,13H2,1-4H3,(H,29,33)(H,30,31,32). The predicted molar refractivity (Wildman–Crippen MR) is 127 cm³/mol. The Morgan fingerprint density at radius 3 is 2.54 bits per heavy atom. The molecule has 0 saturated carbocycles. The number of carbonyl (C=O) groups is 1. The summed E-state index contributed by atoms with van der Waals surface area (Å²) in [6.07, 6.45) is 1.55. The fourth-order valence-electron chi connectivity index (χ4n) is 3.11. The molecule has 3 aromatic rings. The van der Waals surface area contributed by atoms with Crippen molar-refractivity contribution in [3.8, 4) is 28.5 Å². The Kier molecular flexibility index (Phi) is 8.64. The molecule has 0 fully saturated rings. The summed E-state index contributed by atoms with van der Waals surface area (Å²) in [5.74, 6) is -2.28. The lowest BCUT2D eigenvalue weighted by atomic mass is 10.1. The third-order valence-corrected chi connectivity index (χ3v) is 4.94. The number of nitrogens with one attached hydrogen (secondary N) is 2. The van der Waals surface area contributed by atoms with Crippen LogP contribution >= 0.6 is 0 Å². The highest BCUT2D eigenvalue weighted by atomic mass is 19.1. The Morgan fingerprint density at radius 1 is 1.11 bits per heavy atom. The molecule has 0 atom stereocenters. The SMILES string of the molecule is CC(C)OCCOc1ccc(-c2cc(=O)[nH]c(-c3c(F)ccc(CNC(=O)C(C)C)c3F)n2)cn1. The van der Waals surface area contributed by atoms with E-state index in [2.05, 4.69) is 20.3 Å². The van der Waals surface area contributed by atoms with Crippen LogP contribution < -0.4 is 15.6 Å². The highest BCUT2D eigenvalue weighted by molar-refractivity contribution is 5.77. The van der Waals surface area contributed by atoms with E-state index in [-0.39, 0.29) is 41.6 Å². The minimum absolute atomic E-state index is 0.0630. The second-order valence-electron chi connectivity index (χ2n) is 8.40. The van der Waals surface area contributed by atoms with E-state index in [0.717, 1.165) is 6.07 Å². The van der Waals surface area contributed by atoms with Crippen LogP contribution in [0.5, 0.6) is 5.88 Å². The van der Waals surface area contributed by atoms with Crippen molar-refractivity contribution in [3.05, 3.63) is 64.1 Å². The molecule has 0 saturated heterocycles. The number of pyridine rings is 1. The first-order valence-electron chi connectivity index (χ1n) is 11.2. The van der Waals surface area contributed by atoms with Crippen molar-refractivity contribution >= 4 is 5.91 Å². The van der Waals surface area contributed by atoms with Gasteiger partial charge in [-0.15, -0.1) is 0 Å². The van der Waals surface area contributed by atoms with E-state index in [9.17, 15) is 14.0 Å². The Hall–Kier alpha value is -3.66. The molecule has 8 nitrogen and oxygen atoms in total. The van der Waals surface area contributed by atoms with Crippen molar-refractivity contribution in [2.24, 2.45) is 5.92 Å². The third-order valence-electron chi connectivity index (χ3n) is 4.94. The molecule has 2 aromatic heterocycles. The number of rotatable bonds is 10. The molecule has 3 rings (SSSR count). The minimum atomic E-state index is -0.917. The molecule has 2 N–H and O–H groups in total. The summed E-state index contributed by atoms with van der Waals surface area (Å²) in [4.78, 5) is 35.0. The predicted octanol–water partition coefficient (Wildman–Crippen LogP) is 3.85. The maximum Gasteiger partial charge on any atom is 0.251 e. The monoisotopic (exact) mass is 486 g/mol. The number of carbonyl (C=O) groups excluding carboxylic acids is 1. The second kappa shape index (κ2) is 11.7. The highest BCUT2D eigenvalue weighted by Crippen LogP contribution is 2.27.